The van der Waals surface area contributed by atoms with Crippen molar-refractivity contribution >= 4 is 23.8 Å². The third-order valence-electron chi connectivity index (χ3n) is 4.88. The lowest BCUT2D eigenvalue weighted by atomic mass is 10.3. The molecule has 0 N–H and O–H groups in total. The summed E-state index contributed by atoms with van der Waals surface area (Å²) >= 11 is 0. The number of unbranched alkanes of at least 4 members (excludes halogenated alkanes) is 1. The van der Waals surface area contributed by atoms with Crippen LogP contribution in [0.3, 0.4) is 0 Å². The highest BCUT2D eigenvalue weighted by atomic mass is 31.1. The Morgan fingerprint density at radius 2 is 1.29 bits per heavy atom. The summed E-state index contributed by atoms with van der Waals surface area (Å²) in [6.07, 6.45) is 2.29. The summed E-state index contributed by atoms with van der Waals surface area (Å²) in [7, 11) is -0.589. The molecule has 0 aliphatic heterocycles. The van der Waals surface area contributed by atoms with Crippen LogP contribution < -0.4 is 20.7 Å². The molecule has 164 valence electrons. The van der Waals surface area contributed by atoms with Crippen molar-refractivity contribution in [1.29, 1.82) is 0 Å². The zero-order chi connectivity index (χ0) is 21.7. The molecule has 1 atom stereocenters. The molecule has 31 heavy (non-hydrogen) atoms. The molecule has 1 unspecified atom stereocenters. The van der Waals surface area contributed by atoms with E-state index < -0.39 is 7.92 Å². The molecule has 3 nitrogen and oxygen atoms in total. The minimum absolute atomic E-state index is 0.0280. The van der Waals surface area contributed by atoms with Crippen molar-refractivity contribution in [1.82, 2.24) is 0 Å². The number of hydrogen-bond acceptors (Lipinski definition) is 3. The molecule has 0 heterocycles. The number of benzene rings is 3. The molecule has 0 aliphatic carbocycles. The van der Waals surface area contributed by atoms with Crippen molar-refractivity contribution in [3.63, 3.8) is 0 Å². The molecule has 3 rings (SSSR count). The molecular formula is C27H33O3P. The van der Waals surface area contributed by atoms with Gasteiger partial charge in [-0.2, -0.15) is 0 Å². The van der Waals surface area contributed by atoms with Gasteiger partial charge in [0.2, 0.25) is 0 Å². The Balaban J connectivity index is 1.56. The largest absolute Gasteiger partial charge is 0.491 e. The predicted octanol–water partition coefficient (Wildman–Crippen LogP) is 5.05. The topological polar surface area (TPSA) is 27.7 Å². The van der Waals surface area contributed by atoms with E-state index >= 15 is 0 Å². The van der Waals surface area contributed by atoms with Gasteiger partial charge >= 0.3 is 0 Å². The second kappa shape index (κ2) is 13.3. The van der Waals surface area contributed by atoms with E-state index in [0.29, 0.717) is 19.8 Å². The van der Waals surface area contributed by atoms with Gasteiger partial charge in [0.05, 0.1) is 19.3 Å². The van der Waals surface area contributed by atoms with E-state index in [1.807, 2.05) is 6.92 Å². The van der Waals surface area contributed by atoms with Crippen molar-refractivity contribution in [3.8, 4) is 5.75 Å². The normalized spacial score (nSPS) is 12.1. The fourth-order valence-electron chi connectivity index (χ4n) is 3.21. The average molecular weight is 437 g/mol. The zero-order valence-corrected chi connectivity index (χ0v) is 19.5. The summed E-state index contributed by atoms with van der Waals surface area (Å²) < 4.78 is 17.3. The van der Waals surface area contributed by atoms with Gasteiger partial charge < -0.3 is 14.2 Å². The highest BCUT2D eigenvalue weighted by molar-refractivity contribution is 7.79. The van der Waals surface area contributed by atoms with E-state index in [1.165, 1.54) is 15.9 Å². The molecular weight excluding hydrogens is 403 g/mol. The number of hydrogen-bond donors (Lipinski definition) is 0. The SMILES string of the molecule is CCCCOCCOC(C)COc1ccc(P(c2ccccc2)c2ccccc2)cc1. The Morgan fingerprint density at radius 3 is 1.87 bits per heavy atom. The number of rotatable bonds is 13. The van der Waals surface area contributed by atoms with Crippen LogP contribution in [0.25, 0.3) is 0 Å². The van der Waals surface area contributed by atoms with Crippen LogP contribution in [0.15, 0.2) is 84.9 Å². The molecule has 3 aromatic rings. The van der Waals surface area contributed by atoms with E-state index in [-0.39, 0.29) is 6.10 Å². The Bertz CT molecular complexity index is 813. The van der Waals surface area contributed by atoms with Crippen LogP contribution in [-0.4, -0.2) is 32.5 Å². The van der Waals surface area contributed by atoms with E-state index in [1.54, 1.807) is 0 Å². The summed E-state index contributed by atoms with van der Waals surface area (Å²) in [6.45, 7) is 6.78. The maximum Gasteiger partial charge on any atom is 0.119 e. The molecule has 0 saturated carbocycles. The van der Waals surface area contributed by atoms with Crippen LogP contribution in [0.1, 0.15) is 26.7 Å². The average Bonchev–Trinajstić information content (AvgIpc) is 2.82. The van der Waals surface area contributed by atoms with E-state index in [2.05, 4.69) is 91.9 Å². The van der Waals surface area contributed by atoms with Crippen LogP contribution in [0.4, 0.5) is 0 Å². The van der Waals surface area contributed by atoms with E-state index in [0.717, 1.165) is 25.2 Å². The maximum atomic E-state index is 5.95. The van der Waals surface area contributed by atoms with Crippen LogP contribution >= 0.6 is 7.92 Å². The van der Waals surface area contributed by atoms with Crippen LogP contribution in [0.2, 0.25) is 0 Å². The maximum absolute atomic E-state index is 5.95. The first kappa shape index (κ1) is 23.5. The van der Waals surface area contributed by atoms with Crippen LogP contribution in [-0.2, 0) is 9.47 Å². The lowest BCUT2D eigenvalue weighted by Gasteiger charge is -2.20. The third kappa shape index (κ3) is 7.78. The first-order valence-corrected chi connectivity index (χ1v) is 12.4. The Morgan fingerprint density at radius 1 is 0.710 bits per heavy atom. The molecule has 0 spiro atoms. The Hall–Kier alpha value is -2.19. The van der Waals surface area contributed by atoms with Gasteiger partial charge in [0.1, 0.15) is 12.4 Å². The van der Waals surface area contributed by atoms with E-state index in [4.69, 9.17) is 14.2 Å². The first-order chi connectivity index (χ1) is 15.3. The minimum Gasteiger partial charge on any atom is -0.491 e. The third-order valence-corrected chi connectivity index (χ3v) is 7.32. The molecule has 0 amide bonds. The fraction of sp³-hybridized carbons (Fsp3) is 0.333. The molecule has 3 aromatic carbocycles. The van der Waals surface area contributed by atoms with Gasteiger partial charge in [0, 0.05) is 6.61 Å². The van der Waals surface area contributed by atoms with Gasteiger partial charge in [-0.3, -0.25) is 0 Å². The van der Waals surface area contributed by atoms with Gasteiger partial charge in [0.15, 0.2) is 0 Å². The molecule has 0 aliphatic rings. The Labute approximate surface area is 188 Å². The first-order valence-electron chi connectivity index (χ1n) is 11.1. The van der Waals surface area contributed by atoms with Crippen LogP contribution in [0, 0.1) is 0 Å². The van der Waals surface area contributed by atoms with Crippen molar-refractivity contribution in [2.75, 3.05) is 26.4 Å². The second-order valence-corrected chi connectivity index (χ2v) is 9.68. The van der Waals surface area contributed by atoms with E-state index in [9.17, 15) is 0 Å². The monoisotopic (exact) mass is 436 g/mol. The zero-order valence-electron chi connectivity index (χ0n) is 18.6. The smallest absolute Gasteiger partial charge is 0.119 e. The summed E-state index contributed by atoms with van der Waals surface area (Å²) in [5, 5.41) is 4.01. The lowest BCUT2D eigenvalue weighted by molar-refractivity contribution is -0.00618. The van der Waals surface area contributed by atoms with Gasteiger partial charge in [-0.05, 0) is 49.3 Å². The standard InChI is InChI=1S/C27H33O3P/c1-3-4-19-28-20-21-29-23(2)22-30-24-15-17-27(18-16-24)31(25-11-7-5-8-12-25)26-13-9-6-10-14-26/h5-18,23H,3-4,19-22H2,1-2H3. The summed E-state index contributed by atoms with van der Waals surface area (Å²) in [5.41, 5.74) is 0. The van der Waals surface area contributed by atoms with Gasteiger partial charge in [0.25, 0.3) is 0 Å². The number of ether oxygens (including phenoxy) is 3. The van der Waals surface area contributed by atoms with Crippen molar-refractivity contribution in [3.05, 3.63) is 84.9 Å². The van der Waals surface area contributed by atoms with Crippen molar-refractivity contribution < 1.29 is 14.2 Å². The molecule has 4 heteroatoms. The predicted molar refractivity (Wildman–Crippen MR) is 132 cm³/mol. The minimum atomic E-state index is -0.589. The molecule has 0 bridgehead atoms. The lowest BCUT2D eigenvalue weighted by Crippen LogP contribution is -2.21. The van der Waals surface area contributed by atoms with Crippen LogP contribution in [0.5, 0.6) is 5.75 Å². The Kier molecular flexibility index (Phi) is 10.0. The quantitative estimate of drug-likeness (QED) is 0.277. The fourth-order valence-corrected chi connectivity index (χ4v) is 5.49. The summed E-state index contributed by atoms with van der Waals surface area (Å²) in [6, 6.07) is 30.0. The second-order valence-electron chi connectivity index (χ2n) is 7.46. The van der Waals surface area contributed by atoms with Gasteiger partial charge in [-0.15, -0.1) is 0 Å². The van der Waals surface area contributed by atoms with Gasteiger partial charge in [-0.1, -0.05) is 86.1 Å². The highest BCUT2D eigenvalue weighted by Gasteiger charge is 2.16. The highest BCUT2D eigenvalue weighted by Crippen LogP contribution is 2.33. The molecule has 0 aromatic heterocycles. The van der Waals surface area contributed by atoms with Crippen molar-refractivity contribution in [2.45, 2.75) is 32.8 Å². The summed E-state index contributed by atoms with van der Waals surface area (Å²) in [4.78, 5) is 0. The molecule has 0 saturated heterocycles. The van der Waals surface area contributed by atoms with Gasteiger partial charge in [-0.25, -0.2) is 0 Å². The summed E-state index contributed by atoms with van der Waals surface area (Å²) in [5.74, 6) is 0.870. The van der Waals surface area contributed by atoms with Crippen molar-refractivity contribution in [2.24, 2.45) is 0 Å². The molecule has 0 fully saturated rings. The molecule has 0 radical (unpaired) electrons.